The molecule has 1 aromatic rings. The quantitative estimate of drug-likeness (QED) is 0.723. The second-order valence-electron chi connectivity index (χ2n) is 3.37. The summed E-state index contributed by atoms with van der Waals surface area (Å²) in [4.78, 5) is 0. The zero-order valence-electron chi connectivity index (χ0n) is 8.89. The van der Waals surface area contributed by atoms with Crippen molar-refractivity contribution in [1.29, 1.82) is 0 Å². The molecule has 0 aliphatic carbocycles. The lowest BCUT2D eigenvalue weighted by atomic mass is 10.1. The fourth-order valence-corrected chi connectivity index (χ4v) is 1.98. The molecule has 0 amide bonds. The van der Waals surface area contributed by atoms with Crippen LogP contribution in [-0.2, 0) is 23.2 Å². The van der Waals surface area contributed by atoms with Gasteiger partial charge in [-0.15, -0.1) is 6.58 Å². The van der Waals surface area contributed by atoms with Gasteiger partial charge in [0.2, 0.25) is 10.0 Å². The molecule has 0 radical (unpaired) electrons. The maximum atomic E-state index is 11.3. The van der Waals surface area contributed by atoms with E-state index in [1.54, 1.807) is 24.3 Å². The highest BCUT2D eigenvalue weighted by Crippen LogP contribution is 2.04. The van der Waals surface area contributed by atoms with Crippen molar-refractivity contribution in [1.82, 2.24) is 4.72 Å². The molecule has 88 valence electrons. The minimum absolute atomic E-state index is 0.0114. The first-order valence-corrected chi connectivity index (χ1v) is 6.49. The van der Waals surface area contributed by atoms with Crippen molar-refractivity contribution in [3.8, 4) is 0 Å². The largest absolute Gasteiger partial charge is 0.392 e. The average molecular weight is 241 g/mol. The van der Waals surface area contributed by atoms with Gasteiger partial charge in [0.1, 0.15) is 0 Å². The predicted octanol–water partition coefficient (Wildman–Crippen LogP) is 0.784. The maximum absolute atomic E-state index is 11.3. The van der Waals surface area contributed by atoms with Crippen LogP contribution in [-0.4, -0.2) is 19.3 Å². The smallest absolute Gasteiger partial charge is 0.215 e. The number of rotatable bonds is 6. The summed E-state index contributed by atoms with van der Waals surface area (Å²) in [5.74, 6) is -0.0816. The molecule has 2 N–H and O–H groups in total. The summed E-state index contributed by atoms with van der Waals surface area (Å²) in [6.07, 6.45) is 1.34. The summed E-state index contributed by atoms with van der Waals surface area (Å²) >= 11 is 0. The monoisotopic (exact) mass is 241 g/mol. The lowest BCUT2D eigenvalue weighted by Crippen LogP contribution is -2.25. The van der Waals surface area contributed by atoms with E-state index >= 15 is 0 Å². The third kappa shape index (κ3) is 4.14. The van der Waals surface area contributed by atoms with Crippen molar-refractivity contribution in [2.45, 2.75) is 13.2 Å². The summed E-state index contributed by atoms with van der Waals surface area (Å²) in [6.45, 7) is 3.62. The lowest BCUT2D eigenvalue weighted by molar-refractivity contribution is 0.282. The van der Waals surface area contributed by atoms with E-state index in [0.29, 0.717) is 0 Å². The van der Waals surface area contributed by atoms with Gasteiger partial charge in [0.15, 0.2) is 0 Å². The van der Waals surface area contributed by atoms with Crippen LogP contribution in [0.2, 0.25) is 0 Å². The summed E-state index contributed by atoms with van der Waals surface area (Å²) in [5, 5.41) is 8.84. The molecule has 0 bridgehead atoms. The van der Waals surface area contributed by atoms with Gasteiger partial charge in [-0.2, -0.15) is 0 Å². The molecule has 0 saturated carbocycles. The van der Waals surface area contributed by atoms with Crippen LogP contribution in [0.3, 0.4) is 0 Å². The highest BCUT2D eigenvalue weighted by Gasteiger charge is 2.06. The number of aliphatic hydroxyl groups is 1. The molecular weight excluding hydrogens is 226 g/mol. The van der Waals surface area contributed by atoms with Crippen molar-refractivity contribution in [2.24, 2.45) is 0 Å². The van der Waals surface area contributed by atoms with Gasteiger partial charge in [-0.05, 0) is 11.1 Å². The highest BCUT2D eigenvalue weighted by molar-refractivity contribution is 7.89. The Labute approximate surface area is 95.7 Å². The Morgan fingerprint density at radius 2 is 1.81 bits per heavy atom. The van der Waals surface area contributed by atoms with Crippen molar-refractivity contribution < 1.29 is 13.5 Å². The number of nitrogens with one attached hydrogen (secondary N) is 1. The molecule has 4 nitrogen and oxygen atoms in total. The molecule has 0 spiro atoms. The summed E-state index contributed by atoms with van der Waals surface area (Å²) in [7, 11) is -3.26. The molecule has 5 heteroatoms. The Bertz CT molecular complexity index is 437. The van der Waals surface area contributed by atoms with E-state index in [2.05, 4.69) is 11.3 Å². The Hall–Kier alpha value is -1.17. The first kappa shape index (κ1) is 12.9. The van der Waals surface area contributed by atoms with Crippen molar-refractivity contribution >= 4 is 10.0 Å². The molecule has 0 atom stereocenters. The van der Waals surface area contributed by atoms with Crippen LogP contribution in [0.15, 0.2) is 36.9 Å². The van der Waals surface area contributed by atoms with E-state index in [4.69, 9.17) is 5.11 Å². The second-order valence-corrected chi connectivity index (χ2v) is 5.22. The van der Waals surface area contributed by atoms with Crippen LogP contribution >= 0.6 is 0 Å². The highest BCUT2D eigenvalue weighted by atomic mass is 32.2. The number of aliphatic hydroxyl groups excluding tert-OH is 1. The molecule has 0 aromatic heterocycles. The van der Waals surface area contributed by atoms with Crippen molar-refractivity contribution in [3.63, 3.8) is 0 Å². The molecule has 0 aliphatic heterocycles. The third-order valence-corrected chi connectivity index (χ3v) is 3.30. The average Bonchev–Trinajstić information content (AvgIpc) is 2.27. The number of benzene rings is 1. The van der Waals surface area contributed by atoms with E-state index in [1.165, 1.54) is 6.08 Å². The van der Waals surface area contributed by atoms with E-state index in [-0.39, 0.29) is 18.9 Å². The third-order valence-electron chi connectivity index (χ3n) is 2.04. The Kier molecular flexibility index (Phi) is 4.67. The van der Waals surface area contributed by atoms with Crippen LogP contribution in [0.25, 0.3) is 0 Å². The summed E-state index contributed by atoms with van der Waals surface area (Å²) < 4.78 is 25.1. The molecule has 0 heterocycles. The molecule has 0 unspecified atom stereocenters. The fraction of sp³-hybridized carbons (Fsp3) is 0.273. The molecule has 16 heavy (non-hydrogen) atoms. The van der Waals surface area contributed by atoms with Gasteiger partial charge in [-0.3, -0.25) is 0 Å². The number of hydrogen-bond donors (Lipinski definition) is 2. The van der Waals surface area contributed by atoms with Crippen molar-refractivity contribution in [3.05, 3.63) is 48.0 Å². The first-order valence-electron chi connectivity index (χ1n) is 4.84. The molecule has 0 saturated heterocycles. The zero-order valence-corrected chi connectivity index (χ0v) is 9.70. The molecular formula is C11H15NO3S. The zero-order chi connectivity index (χ0) is 12.0. The Morgan fingerprint density at radius 3 is 2.31 bits per heavy atom. The van der Waals surface area contributed by atoms with Crippen LogP contribution in [0.1, 0.15) is 11.1 Å². The van der Waals surface area contributed by atoms with E-state index < -0.39 is 10.0 Å². The number of sulfonamides is 1. The standard InChI is InChI=1S/C11H15NO3S/c1-2-7-16(14,15)12-8-10-3-5-11(9-13)6-4-10/h2-6,12-13H,1,7-9H2. The van der Waals surface area contributed by atoms with E-state index in [9.17, 15) is 8.42 Å². The van der Waals surface area contributed by atoms with Gasteiger partial charge >= 0.3 is 0 Å². The van der Waals surface area contributed by atoms with Crippen LogP contribution < -0.4 is 4.72 Å². The van der Waals surface area contributed by atoms with Gasteiger partial charge in [0.25, 0.3) is 0 Å². The van der Waals surface area contributed by atoms with E-state index in [1.807, 2.05) is 0 Å². The fourth-order valence-electron chi connectivity index (χ4n) is 1.17. The van der Waals surface area contributed by atoms with Gasteiger partial charge in [-0.25, -0.2) is 13.1 Å². The van der Waals surface area contributed by atoms with Gasteiger partial charge in [0, 0.05) is 6.54 Å². The minimum atomic E-state index is -3.26. The Balaban J connectivity index is 2.58. The normalized spacial score (nSPS) is 11.3. The van der Waals surface area contributed by atoms with Gasteiger partial charge < -0.3 is 5.11 Å². The number of hydrogen-bond acceptors (Lipinski definition) is 3. The van der Waals surface area contributed by atoms with Crippen LogP contribution in [0.5, 0.6) is 0 Å². The van der Waals surface area contributed by atoms with Crippen molar-refractivity contribution in [2.75, 3.05) is 5.75 Å². The summed E-state index contributed by atoms with van der Waals surface area (Å²) in [5.41, 5.74) is 1.66. The van der Waals surface area contributed by atoms with E-state index in [0.717, 1.165) is 11.1 Å². The lowest BCUT2D eigenvalue weighted by Gasteiger charge is -2.05. The SMILES string of the molecule is C=CCS(=O)(=O)NCc1ccc(CO)cc1. The summed E-state index contributed by atoms with van der Waals surface area (Å²) in [6, 6.07) is 7.08. The topological polar surface area (TPSA) is 66.4 Å². The van der Waals surface area contributed by atoms with Crippen LogP contribution in [0.4, 0.5) is 0 Å². The van der Waals surface area contributed by atoms with Gasteiger partial charge in [-0.1, -0.05) is 30.3 Å². The van der Waals surface area contributed by atoms with Gasteiger partial charge in [0.05, 0.1) is 12.4 Å². The minimum Gasteiger partial charge on any atom is -0.392 e. The second kappa shape index (κ2) is 5.79. The first-order chi connectivity index (χ1) is 7.57. The maximum Gasteiger partial charge on any atom is 0.215 e. The molecule has 0 aliphatic rings. The Morgan fingerprint density at radius 1 is 1.25 bits per heavy atom. The molecule has 1 rings (SSSR count). The predicted molar refractivity (Wildman–Crippen MR) is 63.2 cm³/mol. The molecule has 1 aromatic carbocycles. The van der Waals surface area contributed by atoms with Crippen LogP contribution in [0, 0.1) is 0 Å². The molecule has 0 fully saturated rings.